The lowest BCUT2D eigenvalue weighted by molar-refractivity contribution is 0.102. The van der Waals surface area contributed by atoms with Crippen LogP contribution in [-0.2, 0) is 15.8 Å². The van der Waals surface area contributed by atoms with Crippen LogP contribution in [0.15, 0.2) is 45.8 Å². The van der Waals surface area contributed by atoms with E-state index in [1.807, 2.05) is 0 Å². The number of anilines is 2. The summed E-state index contributed by atoms with van der Waals surface area (Å²) < 4.78 is 89.4. The van der Waals surface area contributed by atoms with E-state index in [-0.39, 0.29) is 36.5 Å². The van der Waals surface area contributed by atoms with E-state index in [1.165, 1.54) is 12.3 Å². The SMILES string of the molecule is Cc1ccc(CS(=O)(=O)Nc2c(F)cc(-c3cc4cnc(N[C@H]5C[C@H](F)CN(C(=O)O)C5)nc4n(C(C)C)c3=O)c(F)c2F)c(Br)c1. The monoisotopic (exact) mass is 740 g/mol. The van der Waals surface area contributed by atoms with Crippen LogP contribution in [0.4, 0.5) is 34.0 Å². The molecule has 1 aliphatic rings. The van der Waals surface area contributed by atoms with Gasteiger partial charge in [-0.25, -0.2) is 35.8 Å². The molecule has 1 amide bonds. The Balaban J connectivity index is 1.50. The Hall–Kier alpha value is -4.25. The highest BCUT2D eigenvalue weighted by Gasteiger charge is 2.31. The van der Waals surface area contributed by atoms with Gasteiger partial charge in [0.25, 0.3) is 5.56 Å². The van der Waals surface area contributed by atoms with Crippen molar-refractivity contribution in [3.8, 4) is 11.1 Å². The minimum Gasteiger partial charge on any atom is -0.465 e. The van der Waals surface area contributed by atoms with E-state index < -0.39 is 79.9 Å². The van der Waals surface area contributed by atoms with Gasteiger partial charge in [-0.15, -0.1) is 0 Å². The molecule has 1 saturated heterocycles. The van der Waals surface area contributed by atoms with Gasteiger partial charge in [0.2, 0.25) is 16.0 Å². The molecule has 3 heterocycles. The van der Waals surface area contributed by atoms with Gasteiger partial charge in [0, 0.05) is 46.7 Å². The van der Waals surface area contributed by atoms with Crippen LogP contribution in [0.2, 0.25) is 0 Å². The number of halogens is 5. The number of hydrogen-bond acceptors (Lipinski definition) is 7. The van der Waals surface area contributed by atoms with E-state index in [0.29, 0.717) is 16.1 Å². The molecule has 0 aliphatic carbocycles. The summed E-state index contributed by atoms with van der Waals surface area (Å²) in [5.41, 5.74) is -2.06. The molecule has 4 aromatic rings. The van der Waals surface area contributed by atoms with Crippen molar-refractivity contribution in [2.75, 3.05) is 23.1 Å². The highest BCUT2D eigenvalue weighted by Crippen LogP contribution is 2.33. The van der Waals surface area contributed by atoms with E-state index in [0.717, 1.165) is 21.1 Å². The molecule has 0 radical (unpaired) electrons. The number of likely N-dealkylation sites (tertiary alicyclic amines) is 1. The highest BCUT2D eigenvalue weighted by atomic mass is 79.9. The first-order valence-corrected chi connectivity index (χ1v) is 16.7. The van der Waals surface area contributed by atoms with Crippen LogP contribution < -0.4 is 15.6 Å². The van der Waals surface area contributed by atoms with Crippen molar-refractivity contribution in [1.82, 2.24) is 19.4 Å². The van der Waals surface area contributed by atoms with Crippen LogP contribution in [0.5, 0.6) is 0 Å². The first kappa shape index (κ1) is 34.1. The third kappa shape index (κ3) is 7.20. The molecule has 2 aromatic carbocycles. The maximum atomic E-state index is 15.5. The number of sulfonamides is 1. The van der Waals surface area contributed by atoms with Crippen LogP contribution in [-0.4, -0.2) is 64.4 Å². The summed E-state index contributed by atoms with van der Waals surface area (Å²) in [5, 5.41) is 12.4. The topological polar surface area (TPSA) is 147 Å². The van der Waals surface area contributed by atoms with Gasteiger partial charge in [-0.1, -0.05) is 28.1 Å². The first-order valence-electron chi connectivity index (χ1n) is 14.3. The summed E-state index contributed by atoms with van der Waals surface area (Å²) in [4.78, 5) is 34.5. The molecule has 2 aromatic heterocycles. The number of nitrogens with one attached hydrogen (secondary N) is 2. The number of amides is 1. The van der Waals surface area contributed by atoms with Crippen molar-refractivity contribution in [2.45, 2.75) is 51.2 Å². The van der Waals surface area contributed by atoms with Crippen LogP contribution in [0, 0.1) is 24.4 Å². The lowest BCUT2D eigenvalue weighted by Gasteiger charge is -2.33. The molecule has 3 N–H and O–H groups in total. The summed E-state index contributed by atoms with van der Waals surface area (Å²) in [5.74, 6) is -5.64. The van der Waals surface area contributed by atoms with E-state index in [9.17, 15) is 27.5 Å². The number of fused-ring (bicyclic) bond motifs is 1. The molecule has 2 atom stereocenters. The summed E-state index contributed by atoms with van der Waals surface area (Å²) >= 11 is 3.26. The van der Waals surface area contributed by atoms with Gasteiger partial charge in [0.1, 0.15) is 17.5 Å². The lowest BCUT2D eigenvalue weighted by atomic mass is 10.0. The Morgan fingerprint density at radius 2 is 1.85 bits per heavy atom. The van der Waals surface area contributed by atoms with Crippen LogP contribution in [0.25, 0.3) is 22.2 Å². The lowest BCUT2D eigenvalue weighted by Crippen LogP contribution is -2.49. The summed E-state index contributed by atoms with van der Waals surface area (Å²) in [6.07, 6.45) is -1.43. The fraction of sp³-hybridized carbons (Fsp3) is 0.333. The maximum absolute atomic E-state index is 15.5. The predicted octanol–water partition coefficient (Wildman–Crippen LogP) is 5.97. The van der Waals surface area contributed by atoms with Crippen molar-refractivity contribution in [2.24, 2.45) is 0 Å². The molecular formula is C30H29BrF4N6O5S. The van der Waals surface area contributed by atoms with Crippen molar-refractivity contribution in [3.05, 3.63) is 79.9 Å². The molecule has 0 saturated carbocycles. The molecule has 1 fully saturated rings. The number of piperidine rings is 1. The molecule has 47 heavy (non-hydrogen) atoms. The molecule has 0 bridgehead atoms. The average molecular weight is 742 g/mol. The number of nitrogens with zero attached hydrogens (tertiary/aromatic N) is 4. The minimum atomic E-state index is -4.41. The van der Waals surface area contributed by atoms with Gasteiger partial charge in [-0.3, -0.25) is 14.1 Å². The Morgan fingerprint density at radius 3 is 2.51 bits per heavy atom. The number of alkyl halides is 1. The Labute approximate surface area is 274 Å². The van der Waals surface area contributed by atoms with E-state index in [2.05, 4.69) is 31.2 Å². The van der Waals surface area contributed by atoms with Crippen LogP contribution in [0.1, 0.15) is 37.4 Å². The number of aromatic nitrogens is 3. The molecule has 5 rings (SSSR count). The Bertz CT molecular complexity index is 2060. The smallest absolute Gasteiger partial charge is 0.407 e. The fourth-order valence-electron chi connectivity index (χ4n) is 5.39. The van der Waals surface area contributed by atoms with E-state index >= 15 is 13.2 Å². The summed E-state index contributed by atoms with van der Waals surface area (Å²) in [7, 11) is -4.41. The molecule has 11 nitrogen and oxygen atoms in total. The number of aryl methyl sites for hydroxylation is 1. The van der Waals surface area contributed by atoms with Gasteiger partial charge in [-0.05, 0) is 50.1 Å². The summed E-state index contributed by atoms with van der Waals surface area (Å²) in [6, 6.07) is 5.29. The number of carbonyl (C=O) groups is 1. The van der Waals surface area contributed by atoms with Gasteiger partial charge in [0.15, 0.2) is 17.5 Å². The maximum Gasteiger partial charge on any atom is 0.407 e. The third-order valence-corrected chi connectivity index (χ3v) is 9.50. The molecule has 250 valence electrons. The molecule has 1 aliphatic heterocycles. The normalized spacial score (nSPS) is 16.9. The van der Waals surface area contributed by atoms with Gasteiger partial charge in [0.05, 0.1) is 17.9 Å². The van der Waals surface area contributed by atoms with E-state index in [1.54, 1.807) is 37.6 Å². The highest BCUT2D eigenvalue weighted by molar-refractivity contribution is 9.10. The molecule has 0 unspecified atom stereocenters. The number of pyridine rings is 1. The number of hydrogen-bond donors (Lipinski definition) is 3. The van der Waals surface area contributed by atoms with Gasteiger partial charge >= 0.3 is 6.09 Å². The second-order valence-corrected chi connectivity index (χ2v) is 14.1. The Kier molecular flexibility index (Phi) is 9.50. The van der Waals surface area contributed by atoms with Gasteiger partial charge in [-0.2, -0.15) is 4.98 Å². The van der Waals surface area contributed by atoms with Crippen molar-refractivity contribution in [3.63, 3.8) is 0 Å². The standard InChI is InChI=1S/C30H29BrF4N6O5S/c1-14(2)41-27-17(10-36-29(38-27)37-19-8-18(32)11-40(12-19)30(43)44)7-21(28(41)42)20-9-23(33)26(25(35)24(20)34)39-47(45,46)13-16-5-4-15(3)6-22(16)31/h4-7,9-10,14,18-19,39H,8,11-13H2,1-3H3,(H,43,44)(H,36,37,38)/t18-,19-/m0/s1. The fourth-order valence-corrected chi connectivity index (χ4v) is 7.44. The zero-order chi connectivity index (χ0) is 34.4. The van der Waals surface area contributed by atoms with Crippen LogP contribution in [0.3, 0.4) is 0 Å². The quantitative estimate of drug-likeness (QED) is 0.148. The van der Waals surface area contributed by atoms with Crippen molar-refractivity contribution >= 4 is 54.7 Å². The second-order valence-electron chi connectivity index (χ2n) is 11.5. The van der Waals surface area contributed by atoms with Crippen molar-refractivity contribution < 1.29 is 35.9 Å². The number of carboxylic acid groups (broad SMARTS) is 1. The molecule has 17 heteroatoms. The second kappa shape index (κ2) is 13.1. The minimum absolute atomic E-state index is 0.00679. The first-order chi connectivity index (χ1) is 22.0. The largest absolute Gasteiger partial charge is 0.465 e. The van der Waals surface area contributed by atoms with Gasteiger partial charge < -0.3 is 15.3 Å². The average Bonchev–Trinajstić information content (AvgIpc) is 2.98. The van der Waals surface area contributed by atoms with Crippen molar-refractivity contribution in [1.29, 1.82) is 0 Å². The van der Waals surface area contributed by atoms with Crippen LogP contribution >= 0.6 is 15.9 Å². The Morgan fingerprint density at radius 1 is 1.13 bits per heavy atom. The third-order valence-electron chi connectivity index (χ3n) is 7.55. The summed E-state index contributed by atoms with van der Waals surface area (Å²) in [6.45, 7) is 4.75. The number of benzene rings is 2. The zero-order valence-electron chi connectivity index (χ0n) is 25.2. The predicted molar refractivity (Wildman–Crippen MR) is 171 cm³/mol. The molecular weight excluding hydrogens is 712 g/mol. The number of rotatable bonds is 8. The zero-order valence-corrected chi connectivity index (χ0v) is 27.6. The van der Waals surface area contributed by atoms with E-state index in [4.69, 9.17) is 0 Å². The molecule has 0 spiro atoms.